The molecular formula is C16H23N3O3S. The molecule has 1 saturated heterocycles. The molecule has 126 valence electrons. The van der Waals surface area contributed by atoms with Crippen LogP contribution < -0.4 is 15.4 Å². The lowest BCUT2D eigenvalue weighted by Gasteiger charge is -2.24. The molecule has 23 heavy (non-hydrogen) atoms. The minimum Gasteiger partial charge on any atom is -0.326 e. The van der Waals surface area contributed by atoms with E-state index in [9.17, 15) is 13.2 Å². The van der Waals surface area contributed by atoms with Gasteiger partial charge in [-0.1, -0.05) is 12.5 Å². The number of carbonyl (C=O) groups excluding carboxylic acids is 1. The van der Waals surface area contributed by atoms with E-state index in [1.165, 1.54) is 0 Å². The summed E-state index contributed by atoms with van der Waals surface area (Å²) in [5.74, 6) is 0.0513. The summed E-state index contributed by atoms with van der Waals surface area (Å²) in [7, 11) is -3.59. The maximum absolute atomic E-state index is 12.6. The highest BCUT2D eigenvalue weighted by atomic mass is 32.2. The Hall–Kier alpha value is -1.44. The minimum atomic E-state index is -3.59. The van der Waals surface area contributed by atoms with E-state index in [1.807, 2.05) is 0 Å². The van der Waals surface area contributed by atoms with Gasteiger partial charge in [0.25, 0.3) is 0 Å². The summed E-state index contributed by atoms with van der Waals surface area (Å²) in [5, 5.41) is 5.97. The van der Waals surface area contributed by atoms with Gasteiger partial charge in [0.05, 0.1) is 4.90 Å². The normalized spacial score (nSPS) is 21.9. The fourth-order valence-corrected chi connectivity index (χ4v) is 4.46. The van der Waals surface area contributed by atoms with Gasteiger partial charge in [-0.2, -0.15) is 0 Å². The molecule has 2 aliphatic rings. The Labute approximate surface area is 137 Å². The molecule has 1 heterocycles. The lowest BCUT2D eigenvalue weighted by atomic mass is 9.85. The Morgan fingerprint density at radius 1 is 1.26 bits per heavy atom. The van der Waals surface area contributed by atoms with Crippen molar-refractivity contribution in [2.75, 3.05) is 18.4 Å². The van der Waals surface area contributed by atoms with E-state index in [0.29, 0.717) is 17.8 Å². The molecule has 1 amide bonds. The van der Waals surface area contributed by atoms with E-state index < -0.39 is 10.0 Å². The second kappa shape index (κ2) is 6.59. The fourth-order valence-electron chi connectivity index (χ4n) is 2.92. The first-order chi connectivity index (χ1) is 11.0. The summed E-state index contributed by atoms with van der Waals surface area (Å²) < 4.78 is 27.9. The summed E-state index contributed by atoms with van der Waals surface area (Å²) in [6.07, 6.45) is 3.71. The van der Waals surface area contributed by atoms with Gasteiger partial charge in [0.15, 0.2) is 0 Å². The largest absolute Gasteiger partial charge is 0.326 e. The van der Waals surface area contributed by atoms with Crippen LogP contribution >= 0.6 is 0 Å². The number of sulfonamides is 1. The van der Waals surface area contributed by atoms with Gasteiger partial charge in [-0.05, 0) is 50.4 Å². The van der Waals surface area contributed by atoms with Crippen molar-refractivity contribution >= 4 is 21.6 Å². The zero-order valence-electron chi connectivity index (χ0n) is 13.3. The van der Waals surface area contributed by atoms with Crippen LogP contribution in [0.2, 0.25) is 0 Å². The van der Waals surface area contributed by atoms with Crippen LogP contribution in [0.1, 0.15) is 31.2 Å². The van der Waals surface area contributed by atoms with Crippen molar-refractivity contribution < 1.29 is 13.2 Å². The Bertz CT molecular complexity index is 693. The molecule has 6 nitrogen and oxygen atoms in total. The van der Waals surface area contributed by atoms with Gasteiger partial charge in [0.1, 0.15) is 0 Å². The first-order valence-electron chi connectivity index (χ1n) is 8.10. The predicted molar refractivity (Wildman–Crippen MR) is 88.7 cm³/mol. The molecule has 0 aromatic heterocycles. The molecule has 1 aromatic carbocycles. The highest BCUT2D eigenvalue weighted by molar-refractivity contribution is 7.89. The fraction of sp³-hybridized carbons (Fsp3) is 0.562. The summed E-state index contributed by atoms with van der Waals surface area (Å²) in [4.78, 5) is 12.3. The van der Waals surface area contributed by atoms with E-state index in [2.05, 4.69) is 15.4 Å². The van der Waals surface area contributed by atoms with Crippen molar-refractivity contribution in [1.82, 2.24) is 10.0 Å². The third kappa shape index (κ3) is 3.73. The molecule has 1 aliphatic heterocycles. The molecule has 3 rings (SSSR count). The number of amides is 1. The Morgan fingerprint density at radius 3 is 2.65 bits per heavy atom. The number of carbonyl (C=O) groups is 1. The van der Waals surface area contributed by atoms with Gasteiger partial charge >= 0.3 is 0 Å². The van der Waals surface area contributed by atoms with Crippen molar-refractivity contribution in [3.63, 3.8) is 0 Å². The van der Waals surface area contributed by atoms with Crippen LogP contribution in [-0.4, -0.2) is 33.5 Å². The van der Waals surface area contributed by atoms with Crippen LogP contribution in [0.3, 0.4) is 0 Å². The van der Waals surface area contributed by atoms with Crippen LogP contribution in [-0.2, 0) is 14.8 Å². The molecule has 0 unspecified atom stereocenters. The number of hydrogen-bond acceptors (Lipinski definition) is 4. The van der Waals surface area contributed by atoms with Crippen molar-refractivity contribution in [1.29, 1.82) is 0 Å². The van der Waals surface area contributed by atoms with E-state index in [-0.39, 0.29) is 22.8 Å². The Morgan fingerprint density at radius 2 is 2.04 bits per heavy atom. The van der Waals surface area contributed by atoms with Gasteiger partial charge in [0, 0.05) is 24.2 Å². The van der Waals surface area contributed by atoms with E-state index in [1.54, 1.807) is 25.1 Å². The molecule has 0 radical (unpaired) electrons. The van der Waals surface area contributed by atoms with Crippen molar-refractivity contribution in [3.05, 3.63) is 23.8 Å². The average Bonchev–Trinajstić information content (AvgIpc) is 2.90. The average molecular weight is 337 g/mol. The molecule has 1 atom stereocenters. The van der Waals surface area contributed by atoms with Crippen LogP contribution in [0.4, 0.5) is 5.69 Å². The van der Waals surface area contributed by atoms with Crippen molar-refractivity contribution in [2.45, 2.75) is 43.5 Å². The third-order valence-electron chi connectivity index (χ3n) is 4.60. The SMILES string of the molecule is Cc1ccc(NC(=O)C2CCC2)cc1S(=O)(=O)N[C@@H]1CCNC1. The maximum Gasteiger partial charge on any atom is 0.241 e. The lowest BCUT2D eigenvalue weighted by Crippen LogP contribution is -2.36. The molecule has 0 spiro atoms. The first kappa shape index (κ1) is 16.4. The van der Waals surface area contributed by atoms with Crippen molar-refractivity contribution in [3.8, 4) is 0 Å². The molecule has 1 aliphatic carbocycles. The summed E-state index contributed by atoms with van der Waals surface area (Å²) in [6.45, 7) is 3.24. The minimum absolute atomic E-state index is 0.0172. The van der Waals surface area contributed by atoms with E-state index in [4.69, 9.17) is 0 Å². The second-order valence-corrected chi connectivity index (χ2v) is 8.09. The Balaban J connectivity index is 1.77. The molecule has 2 fully saturated rings. The summed E-state index contributed by atoms with van der Waals surface area (Å²) in [6, 6.07) is 4.96. The number of nitrogens with one attached hydrogen (secondary N) is 3. The number of benzene rings is 1. The smallest absolute Gasteiger partial charge is 0.241 e. The molecule has 3 N–H and O–H groups in total. The van der Waals surface area contributed by atoms with Crippen molar-refractivity contribution in [2.24, 2.45) is 5.92 Å². The van der Waals surface area contributed by atoms with Gasteiger partial charge in [-0.25, -0.2) is 13.1 Å². The highest BCUT2D eigenvalue weighted by Crippen LogP contribution is 2.28. The number of hydrogen-bond donors (Lipinski definition) is 3. The van der Waals surface area contributed by atoms with E-state index in [0.717, 1.165) is 32.2 Å². The molecular weight excluding hydrogens is 314 g/mol. The van der Waals surface area contributed by atoms with Gasteiger partial charge in [-0.3, -0.25) is 4.79 Å². The standard InChI is InChI=1S/C16H23N3O3S/c1-11-5-6-13(18-16(20)12-3-2-4-12)9-15(11)23(21,22)19-14-7-8-17-10-14/h5-6,9,12,14,17,19H,2-4,7-8,10H2,1H3,(H,18,20)/t14-/m1/s1. The predicted octanol–water partition coefficient (Wildman–Crippen LogP) is 1.37. The zero-order valence-corrected chi connectivity index (χ0v) is 14.1. The van der Waals surface area contributed by atoms with Gasteiger partial charge in [-0.15, -0.1) is 0 Å². The Kier molecular flexibility index (Phi) is 4.70. The van der Waals surface area contributed by atoms with Crippen LogP contribution in [0.25, 0.3) is 0 Å². The molecule has 1 saturated carbocycles. The lowest BCUT2D eigenvalue weighted by molar-refractivity contribution is -0.122. The van der Waals surface area contributed by atoms with Gasteiger partial charge < -0.3 is 10.6 Å². The van der Waals surface area contributed by atoms with Crippen LogP contribution in [0.15, 0.2) is 23.1 Å². The van der Waals surface area contributed by atoms with E-state index >= 15 is 0 Å². The summed E-state index contributed by atoms with van der Waals surface area (Å²) >= 11 is 0. The topological polar surface area (TPSA) is 87.3 Å². The second-order valence-electron chi connectivity index (χ2n) is 6.41. The summed E-state index contributed by atoms with van der Waals surface area (Å²) in [5.41, 5.74) is 1.21. The monoisotopic (exact) mass is 337 g/mol. The zero-order chi connectivity index (χ0) is 16.4. The molecule has 7 heteroatoms. The van der Waals surface area contributed by atoms with Gasteiger partial charge in [0.2, 0.25) is 15.9 Å². The van der Waals surface area contributed by atoms with Crippen LogP contribution in [0.5, 0.6) is 0 Å². The number of rotatable bonds is 5. The molecule has 1 aromatic rings. The maximum atomic E-state index is 12.6. The quantitative estimate of drug-likeness (QED) is 0.757. The highest BCUT2D eigenvalue weighted by Gasteiger charge is 2.27. The third-order valence-corrected chi connectivity index (χ3v) is 6.27. The van der Waals surface area contributed by atoms with Crippen LogP contribution in [0, 0.1) is 12.8 Å². The molecule has 0 bridgehead atoms. The number of aryl methyl sites for hydroxylation is 1. The first-order valence-corrected chi connectivity index (χ1v) is 9.58. The number of anilines is 1.